The number of nitrogens with one attached hydrogen (secondary N) is 1. The maximum atomic E-state index is 5.74. The Hall–Kier alpha value is -0.120. The van der Waals surface area contributed by atoms with Gasteiger partial charge in [0, 0.05) is 12.1 Å². The molecule has 0 unspecified atom stereocenters. The van der Waals surface area contributed by atoms with E-state index < -0.39 is 0 Å². The van der Waals surface area contributed by atoms with Gasteiger partial charge in [0.15, 0.2) is 0 Å². The van der Waals surface area contributed by atoms with Gasteiger partial charge in [0.1, 0.15) is 9.34 Å². The molecule has 0 aliphatic heterocycles. The van der Waals surface area contributed by atoms with Gasteiger partial charge in [-0.2, -0.15) is 0 Å². The average Bonchev–Trinajstić information content (AvgIpc) is 2.30. The summed E-state index contributed by atoms with van der Waals surface area (Å²) in [5.74, 6) is 0. The standard InChI is InChI=1S/C8H13ClN2S/c1-8(2,3)11-5-7-10-4-6(9)12-7/h4,11H,5H2,1-3H3. The van der Waals surface area contributed by atoms with E-state index in [0.29, 0.717) is 0 Å². The third-order valence-corrected chi connectivity index (χ3v) is 2.41. The number of nitrogens with zero attached hydrogens (tertiary/aromatic N) is 1. The normalized spacial score (nSPS) is 12.0. The Labute approximate surface area is 82.0 Å². The molecule has 68 valence electrons. The molecule has 0 radical (unpaired) electrons. The second-order valence-electron chi connectivity index (χ2n) is 3.66. The topological polar surface area (TPSA) is 24.9 Å². The van der Waals surface area contributed by atoms with Crippen LogP contribution in [0.15, 0.2) is 6.20 Å². The highest BCUT2D eigenvalue weighted by Gasteiger charge is 2.09. The van der Waals surface area contributed by atoms with Crippen LogP contribution in [0.25, 0.3) is 0 Å². The molecule has 12 heavy (non-hydrogen) atoms. The van der Waals surface area contributed by atoms with Crippen molar-refractivity contribution in [2.24, 2.45) is 0 Å². The van der Waals surface area contributed by atoms with E-state index in [1.54, 1.807) is 6.20 Å². The lowest BCUT2D eigenvalue weighted by molar-refractivity contribution is 0.424. The fourth-order valence-electron chi connectivity index (χ4n) is 0.711. The third-order valence-electron chi connectivity index (χ3n) is 1.30. The number of hydrogen-bond acceptors (Lipinski definition) is 3. The molecular formula is C8H13ClN2S. The number of rotatable bonds is 2. The molecule has 0 fully saturated rings. The Morgan fingerprint density at radius 2 is 2.25 bits per heavy atom. The first-order chi connectivity index (χ1) is 5.47. The van der Waals surface area contributed by atoms with Crippen LogP contribution < -0.4 is 5.32 Å². The van der Waals surface area contributed by atoms with Gasteiger partial charge in [0.25, 0.3) is 0 Å². The summed E-state index contributed by atoms with van der Waals surface area (Å²) >= 11 is 7.26. The molecule has 0 spiro atoms. The molecule has 1 N–H and O–H groups in total. The predicted octanol–water partition coefficient (Wildman–Crippen LogP) is 2.68. The Kier molecular flexibility index (Phi) is 3.09. The fourth-order valence-corrected chi connectivity index (χ4v) is 1.61. The monoisotopic (exact) mass is 204 g/mol. The molecule has 1 aromatic rings. The SMILES string of the molecule is CC(C)(C)NCc1ncc(Cl)s1. The van der Waals surface area contributed by atoms with Crippen molar-refractivity contribution in [1.29, 1.82) is 0 Å². The van der Waals surface area contributed by atoms with Crippen molar-refractivity contribution >= 4 is 22.9 Å². The summed E-state index contributed by atoms with van der Waals surface area (Å²) in [7, 11) is 0. The van der Waals surface area contributed by atoms with Crippen LogP contribution in [-0.2, 0) is 6.54 Å². The first kappa shape index (κ1) is 9.96. The van der Waals surface area contributed by atoms with Crippen LogP contribution in [0.4, 0.5) is 0 Å². The maximum absolute atomic E-state index is 5.74. The van der Waals surface area contributed by atoms with Gasteiger partial charge in [0.05, 0.1) is 6.20 Å². The Balaban J connectivity index is 2.44. The zero-order valence-electron chi connectivity index (χ0n) is 7.52. The molecule has 0 saturated carbocycles. The van der Waals surface area contributed by atoms with E-state index in [-0.39, 0.29) is 5.54 Å². The smallest absolute Gasteiger partial charge is 0.113 e. The van der Waals surface area contributed by atoms with Gasteiger partial charge in [0.2, 0.25) is 0 Å². The van der Waals surface area contributed by atoms with Crippen LogP contribution in [0.1, 0.15) is 25.8 Å². The summed E-state index contributed by atoms with van der Waals surface area (Å²) < 4.78 is 0.751. The Morgan fingerprint density at radius 3 is 2.67 bits per heavy atom. The molecule has 0 aliphatic carbocycles. The quantitative estimate of drug-likeness (QED) is 0.802. The van der Waals surface area contributed by atoms with Crippen molar-refractivity contribution in [2.75, 3.05) is 0 Å². The van der Waals surface area contributed by atoms with Gasteiger partial charge in [-0.1, -0.05) is 11.6 Å². The summed E-state index contributed by atoms with van der Waals surface area (Å²) in [6.45, 7) is 7.17. The van der Waals surface area contributed by atoms with Gasteiger partial charge in [-0.05, 0) is 20.8 Å². The molecular weight excluding hydrogens is 192 g/mol. The zero-order chi connectivity index (χ0) is 9.19. The molecule has 4 heteroatoms. The fraction of sp³-hybridized carbons (Fsp3) is 0.625. The van der Waals surface area contributed by atoms with Crippen molar-refractivity contribution in [3.05, 3.63) is 15.5 Å². The average molecular weight is 205 g/mol. The molecule has 0 aromatic carbocycles. The number of hydrogen-bond donors (Lipinski definition) is 1. The van der Waals surface area contributed by atoms with E-state index in [4.69, 9.17) is 11.6 Å². The third kappa shape index (κ3) is 3.52. The minimum Gasteiger partial charge on any atom is -0.306 e. The van der Waals surface area contributed by atoms with Gasteiger partial charge in [-0.25, -0.2) is 4.98 Å². The Bertz CT molecular complexity index is 252. The largest absolute Gasteiger partial charge is 0.306 e. The van der Waals surface area contributed by atoms with E-state index in [0.717, 1.165) is 15.9 Å². The van der Waals surface area contributed by atoms with Crippen molar-refractivity contribution in [3.63, 3.8) is 0 Å². The minimum absolute atomic E-state index is 0.137. The van der Waals surface area contributed by atoms with E-state index in [1.807, 2.05) is 0 Å². The number of halogens is 1. The summed E-state index contributed by atoms with van der Waals surface area (Å²) in [6, 6.07) is 0. The second-order valence-corrected chi connectivity index (χ2v) is 5.41. The maximum Gasteiger partial charge on any atom is 0.113 e. The van der Waals surface area contributed by atoms with Crippen molar-refractivity contribution in [3.8, 4) is 0 Å². The molecule has 0 bridgehead atoms. The number of thiazole rings is 1. The second kappa shape index (κ2) is 3.73. The summed E-state index contributed by atoms with van der Waals surface area (Å²) in [4.78, 5) is 4.14. The van der Waals surface area contributed by atoms with Gasteiger partial charge >= 0.3 is 0 Å². The van der Waals surface area contributed by atoms with Crippen LogP contribution in [0.5, 0.6) is 0 Å². The van der Waals surface area contributed by atoms with Crippen molar-refractivity contribution in [2.45, 2.75) is 32.9 Å². The highest BCUT2D eigenvalue weighted by atomic mass is 35.5. The lowest BCUT2D eigenvalue weighted by Crippen LogP contribution is -2.34. The molecule has 0 amide bonds. The number of aromatic nitrogens is 1. The van der Waals surface area contributed by atoms with Crippen LogP contribution >= 0.6 is 22.9 Å². The summed E-state index contributed by atoms with van der Waals surface area (Å²) in [5.41, 5.74) is 0.137. The molecule has 2 nitrogen and oxygen atoms in total. The first-order valence-corrected chi connectivity index (χ1v) is 5.02. The molecule has 0 aliphatic rings. The van der Waals surface area contributed by atoms with Crippen molar-refractivity contribution < 1.29 is 0 Å². The molecule has 0 saturated heterocycles. The van der Waals surface area contributed by atoms with Gasteiger partial charge < -0.3 is 5.32 Å². The zero-order valence-corrected chi connectivity index (χ0v) is 9.09. The van der Waals surface area contributed by atoms with E-state index >= 15 is 0 Å². The lowest BCUT2D eigenvalue weighted by atomic mass is 10.1. The molecule has 1 rings (SSSR count). The highest BCUT2D eigenvalue weighted by Crippen LogP contribution is 2.18. The van der Waals surface area contributed by atoms with Crippen LogP contribution in [-0.4, -0.2) is 10.5 Å². The predicted molar refractivity (Wildman–Crippen MR) is 53.7 cm³/mol. The van der Waals surface area contributed by atoms with Gasteiger partial charge in [-0.15, -0.1) is 11.3 Å². The van der Waals surface area contributed by atoms with Crippen molar-refractivity contribution in [1.82, 2.24) is 10.3 Å². The summed E-state index contributed by atoms with van der Waals surface area (Å²) in [5, 5.41) is 4.38. The lowest BCUT2D eigenvalue weighted by Gasteiger charge is -2.19. The Morgan fingerprint density at radius 1 is 1.58 bits per heavy atom. The van der Waals surface area contributed by atoms with Crippen LogP contribution in [0.2, 0.25) is 4.34 Å². The van der Waals surface area contributed by atoms with Gasteiger partial charge in [-0.3, -0.25) is 0 Å². The van der Waals surface area contributed by atoms with Crippen LogP contribution in [0.3, 0.4) is 0 Å². The molecule has 0 atom stereocenters. The van der Waals surface area contributed by atoms with E-state index in [2.05, 4.69) is 31.1 Å². The highest BCUT2D eigenvalue weighted by molar-refractivity contribution is 7.15. The molecule has 1 aromatic heterocycles. The van der Waals surface area contributed by atoms with E-state index in [9.17, 15) is 0 Å². The van der Waals surface area contributed by atoms with Crippen LogP contribution in [0, 0.1) is 0 Å². The minimum atomic E-state index is 0.137. The first-order valence-electron chi connectivity index (χ1n) is 3.82. The summed E-state index contributed by atoms with van der Waals surface area (Å²) in [6.07, 6.45) is 1.69. The molecule has 1 heterocycles. The van der Waals surface area contributed by atoms with E-state index in [1.165, 1.54) is 11.3 Å².